The van der Waals surface area contributed by atoms with Crippen molar-refractivity contribution in [2.24, 2.45) is 0 Å². The van der Waals surface area contributed by atoms with Crippen molar-refractivity contribution < 1.29 is 9.53 Å². The summed E-state index contributed by atoms with van der Waals surface area (Å²) in [5.41, 5.74) is 0. The second kappa shape index (κ2) is 4.57. The van der Waals surface area contributed by atoms with E-state index < -0.39 is 0 Å². The summed E-state index contributed by atoms with van der Waals surface area (Å²) < 4.78 is 7.34. The van der Waals surface area contributed by atoms with Gasteiger partial charge in [0, 0.05) is 0 Å². The molecule has 0 aliphatic carbocycles. The van der Waals surface area contributed by atoms with Gasteiger partial charge in [0.1, 0.15) is 6.04 Å². The van der Waals surface area contributed by atoms with Gasteiger partial charge in [0.2, 0.25) is 0 Å². The number of rotatable bonds is 3. The van der Waals surface area contributed by atoms with Crippen LogP contribution in [0.3, 0.4) is 0 Å². The Morgan fingerprint density at radius 2 is 2.00 bits per heavy atom. The Labute approximate surface area is 66.7 Å². The normalized spacial score (nSPS) is 13.3. The van der Waals surface area contributed by atoms with Crippen molar-refractivity contribution in [3.63, 3.8) is 0 Å². The van der Waals surface area contributed by atoms with E-state index in [4.69, 9.17) is 4.74 Å². The van der Waals surface area contributed by atoms with Gasteiger partial charge in [-0.25, -0.2) is 0 Å². The topological polar surface area (TPSA) is 38.3 Å². The van der Waals surface area contributed by atoms with Crippen LogP contribution in [0.25, 0.3) is 0 Å². The Bertz CT molecular complexity index is 116. The largest absolute Gasteiger partial charge is 0.462 e. The molecule has 1 atom stereocenters. The monoisotopic (exact) mass is 163 g/mol. The molecule has 0 heterocycles. The molecule has 60 valence electrons. The number of carbonyl (C=O) groups excluding carboxylic acids is 1. The maximum atomic E-state index is 10.9. The molecule has 1 unspecified atom stereocenters. The van der Waals surface area contributed by atoms with E-state index in [1.54, 1.807) is 6.92 Å². The lowest BCUT2D eigenvalue weighted by Gasteiger charge is -2.11. The molecule has 0 bridgehead atoms. The van der Waals surface area contributed by atoms with Crippen molar-refractivity contribution in [1.82, 2.24) is 4.72 Å². The van der Waals surface area contributed by atoms with Crippen molar-refractivity contribution in [2.45, 2.75) is 32.9 Å². The van der Waals surface area contributed by atoms with E-state index in [9.17, 15) is 4.79 Å². The van der Waals surface area contributed by atoms with Gasteiger partial charge in [-0.15, -0.1) is 0 Å². The van der Waals surface area contributed by atoms with Crippen LogP contribution in [0.4, 0.5) is 0 Å². The zero-order valence-corrected chi connectivity index (χ0v) is 7.31. The van der Waals surface area contributed by atoms with Crippen LogP contribution in [-0.4, -0.2) is 18.1 Å². The predicted octanol–water partition coefficient (Wildman–Crippen LogP) is 0.761. The number of hydrogen-bond donors (Lipinski definition) is 2. The summed E-state index contributed by atoms with van der Waals surface area (Å²) in [5, 5.41) is 0. The van der Waals surface area contributed by atoms with Crippen LogP contribution in [0.15, 0.2) is 0 Å². The molecule has 1 N–H and O–H groups in total. The molecule has 0 aromatic carbocycles. The molecule has 0 radical (unpaired) electrons. The standard InChI is InChI=1S/C6H13NO2S/c1-4(2)9-6(8)5(3)7-10/h4-5,7,10H,1-3H3. The Kier molecular flexibility index (Phi) is 4.47. The third kappa shape index (κ3) is 3.74. The molecule has 0 rings (SSSR count). The summed E-state index contributed by atoms with van der Waals surface area (Å²) in [6.07, 6.45) is -0.0587. The number of hydrogen-bond acceptors (Lipinski definition) is 4. The highest BCUT2D eigenvalue weighted by Crippen LogP contribution is 1.93. The minimum atomic E-state index is -0.342. The lowest BCUT2D eigenvalue weighted by molar-refractivity contribution is -0.148. The number of nitrogens with one attached hydrogen (secondary N) is 1. The third-order valence-corrected chi connectivity index (χ3v) is 1.29. The Hall–Kier alpha value is -0.220. The SMILES string of the molecule is CC(C)OC(=O)C(C)NS. The summed E-state index contributed by atoms with van der Waals surface area (Å²) in [7, 11) is 0. The molecule has 4 heteroatoms. The van der Waals surface area contributed by atoms with Crippen molar-refractivity contribution in [1.29, 1.82) is 0 Å². The van der Waals surface area contributed by atoms with E-state index in [0.717, 1.165) is 0 Å². The fourth-order valence-corrected chi connectivity index (χ4v) is 0.492. The average molecular weight is 163 g/mol. The zero-order chi connectivity index (χ0) is 8.15. The molecule has 0 aliphatic rings. The number of esters is 1. The molecule has 0 fully saturated rings. The van der Waals surface area contributed by atoms with Gasteiger partial charge in [-0.1, -0.05) is 12.8 Å². The maximum Gasteiger partial charge on any atom is 0.323 e. The highest BCUT2D eigenvalue weighted by atomic mass is 32.1. The molecule has 0 aromatic heterocycles. The van der Waals surface area contributed by atoms with Gasteiger partial charge in [0.25, 0.3) is 0 Å². The second-order valence-corrected chi connectivity index (χ2v) is 2.59. The summed E-state index contributed by atoms with van der Waals surface area (Å²) >= 11 is 3.73. The fraction of sp³-hybridized carbons (Fsp3) is 0.833. The van der Waals surface area contributed by atoms with Crippen molar-refractivity contribution >= 4 is 18.8 Å². The van der Waals surface area contributed by atoms with Crippen LogP contribution in [-0.2, 0) is 9.53 Å². The zero-order valence-electron chi connectivity index (χ0n) is 6.42. The lowest BCUT2D eigenvalue weighted by Crippen LogP contribution is -2.31. The first-order valence-corrected chi connectivity index (χ1v) is 3.62. The molecular formula is C6H13NO2S. The highest BCUT2D eigenvalue weighted by Gasteiger charge is 2.12. The van der Waals surface area contributed by atoms with E-state index in [1.807, 2.05) is 13.8 Å². The van der Waals surface area contributed by atoms with Gasteiger partial charge in [0.15, 0.2) is 0 Å². The highest BCUT2D eigenvalue weighted by molar-refractivity contribution is 7.78. The van der Waals surface area contributed by atoms with Gasteiger partial charge in [-0.2, -0.15) is 0 Å². The second-order valence-electron chi connectivity index (χ2n) is 2.34. The van der Waals surface area contributed by atoms with Crippen LogP contribution in [0.2, 0.25) is 0 Å². The van der Waals surface area contributed by atoms with E-state index in [2.05, 4.69) is 17.5 Å². The Morgan fingerprint density at radius 1 is 1.50 bits per heavy atom. The minimum absolute atomic E-state index is 0.0587. The first-order chi connectivity index (χ1) is 4.57. The van der Waals surface area contributed by atoms with Crippen LogP contribution >= 0.6 is 12.8 Å². The molecule has 0 aliphatic heterocycles. The van der Waals surface area contributed by atoms with Gasteiger partial charge < -0.3 is 4.74 Å². The summed E-state index contributed by atoms with van der Waals surface area (Å²) in [4.78, 5) is 10.9. The molecule has 0 aromatic rings. The fourth-order valence-electron chi connectivity index (χ4n) is 0.387. The Balaban J connectivity index is 3.62. The smallest absolute Gasteiger partial charge is 0.323 e. The minimum Gasteiger partial charge on any atom is -0.462 e. The van der Waals surface area contributed by atoms with Crippen LogP contribution < -0.4 is 4.72 Å². The van der Waals surface area contributed by atoms with Crippen LogP contribution in [0, 0.1) is 0 Å². The van der Waals surface area contributed by atoms with E-state index >= 15 is 0 Å². The molecule has 0 saturated carbocycles. The Morgan fingerprint density at radius 3 is 2.30 bits per heavy atom. The van der Waals surface area contributed by atoms with Gasteiger partial charge >= 0.3 is 5.97 Å². The van der Waals surface area contributed by atoms with Crippen LogP contribution in [0.1, 0.15) is 20.8 Å². The van der Waals surface area contributed by atoms with E-state index in [0.29, 0.717) is 0 Å². The summed E-state index contributed by atoms with van der Waals surface area (Å²) in [5.74, 6) is -0.273. The predicted molar refractivity (Wildman–Crippen MR) is 42.8 cm³/mol. The van der Waals surface area contributed by atoms with Crippen molar-refractivity contribution in [3.8, 4) is 0 Å². The quantitative estimate of drug-likeness (QED) is 0.476. The van der Waals surface area contributed by atoms with Crippen molar-refractivity contribution in [3.05, 3.63) is 0 Å². The molecule has 3 nitrogen and oxygen atoms in total. The maximum absolute atomic E-state index is 10.9. The number of carbonyl (C=O) groups is 1. The molecule has 10 heavy (non-hydrogen) atoms. The first kappa shape index (κ1) is 9.78. The lowest BCUT2D eigenvalue weighted by atomic mass is 10.4. The average Bonchev–Trinajstić information content (AvgIpc) is 1.85. The summed E-state index contributed by atoms with van der Waals surface area (Å²) in [6.45, 7) is 5.31. The molecule has 0 spiro atoms. The van der Waals surface area contributed by atoms with Gasteiger partial charge in [0.05, 0.1) is 6.10 Å². The summed E-state index contributed by atoms with van der Waals surface area (Å²) in [6, 6.07) is -0.342. The number of thiol groups is 1. The molecule has 0 amide bonds. The van der Waals surface area contributed by atoms with E-state index in [1.165, 1.54) is 0 Å². The third-order valence-electron chi connectivity index (χ3n) is 0.899. The first-order valence-electron chi connectivity index (χ1n) is 3.18. The molecule has 0 saturated heterocycles. The van der Waals surface area contributed by atoms with E-state index in [-0.39, 0.29) is 18.1 Å². The molecular weight excluding hydrogens is 150 g/mol. The van der Waals surface area contributed by atoms with Crippen LogP contribution in [0.5, 0.6) is 0 Å². The van der Waals surface area contributed by atoms with Crippen molar-refractivity contribution in [2.75, 3.05) is 0 Å². The van der Waals surface area contributed by atoms with Gasteiger partial charge in [-0.3, -0.25) is 9.52 Å². The van der Waals surface area contributed by atoms with Gasteiger partial charge in [-0.05, 0) is 20.8 Å². The number of ether oxygens (including phenoxy) is 1.